The lowest BCUT2D eigenvalue weighted by molar-refractivity contribution is -0.910. The Balaban J connectivity index is 2.12. The van der Waals surface area contributed by atoms with E-state index < -0.39 is 5.97 Å². The molecule has 0 aliphatic heterocycles. The topological polar surface area (TPSA) is 81.7 Å². The Bertz CT molecular complexity index is 974. The van der Waals surface area contributed by atoms with Gasteiger partial charge in [0, 0.05) is 5.02 Å². The predicted octanol–water partition coefficient (Wildman–Crippen LogP) is 4.36. The van der Waals surface area contributed by atoms with Gasteiger partial charge in [0.2, 0.25) is 0 Å². The molecule has 0 unspecified atom stereocenters. The number of nitrogens with one attached hydrogen (secondary N) is 1. The fourth-order valence-electron chi connectivity index (χ4n) is 3.55. The molecular formula is C25H32ClN2O5+. The number of quaternary nitrogens is 1. The van der Waals surface area contributed by atoms with E-state index >= 15 is 0 Å². The van der Waals surface area contributed by atoms with Gasteiger partial charge in [0.25, 0.3) is 5.91 Å². The van der Waals surface area contributed by atoms with E-state index in [2.05, 4.69) is 5.32 Å². The lowest BCUT2D eigenvalue weighted by Gasteiger charge is -2.35. The van der Waals surface area contributed by atoms with E-state index in [-0.39, 0.29) is 48.2 Å². The maximum Gasteiger partial charge on any atom is 0.362 e. The molecule has 0 atom stereocenters. The quantitative estimate of drug-likeness (QED) is 0.385. The molecule has 0 aromatic heterocycles. The van der Waals surface area contributed by atoms with E-state index in [4.69, 9.17) is 21.1 Å². The van der Waals surface area contributed by atoms with Gasteiger partial charge in [0.05, 0.1) is 30.9 Å². The smallest absolute Gasteiger partial charge is 0.362 e. The molecular weight excluding hydrogens is 444 g/mol. The second-order valence-corrected chi connectivity index (χ2v) is 8.29. The molecule has 33 heavy (non-hydrogen) atoms. The zero-order chi connectivity index (χ0) is 24.4. The highest BCUT2D eigenvalue weighted by Crippen LogP contribution is 2.26. The normalized spacial score (nSPS) is 11.1. The minimum absolute atomic E-state index is 0.0533. The van der Waals surface area contributed by atoms with Gasteiger partial charge in [-0.05, 0) is 51.0 Å². The SMILES string of the molecule is CCOC(=O)c1cc(Cl)cc(C)c1NC(=O)C[N+](CC)(CC)CC(=O)OCc1ccccc1. The number of benzene rings is 2. The van der Waals surface area contributed by atoms with Crippen LogP contribution in [0.15, 0.2) is 42.5 Å². The number of nitrogens with zero attached hydrogens (tertiary/aromatic N) is 1. The molecule has 0 fully saturated rings. The van der Waals surface area contributed by atoms with Crippen LogP contribution in [0.25, 0.3) is 0 Å². The Morgan fingerprint density at radius 2 is 1.64 bits per heavy atom. The summed E-state index contributed by atoms with van der Waals surface area (Å²) in [7, 11) is 0. The third-order valence-electron chi connectivity index (χ3n) is 5.59. The number of ether oxygens (including phenoxy) is 2. The van der Waals surface area contributed by atoms with Crippen molar-refractivity contribution in [2.24, 2.45) is 0 Å². The molecule has 0 heterocycles. The maximum absolute atomic E-state index is 13.0. The van der Waals surface area contributed by atoms with E-state index in [0.29, 0.717) is 29.4 Å². The monoisotopic (exact) mass is 475 g/mol. The molecule has 0 spiro atoms. The first kappa shape index (κ1) is 26.4. The van der Waals surface area contributed by atoms with Crippen LogP contribution in [0.4, 0.5) is 5.69 Å². The van der Waals surface area contributed by atoms with Gasteiger partial charge in [-0.25, -0.2) is 9.59 Å². The van der Waals surface area contributed by atoms with E-state index in [1.54, 1.807) is 19.9 Å². The van der Waals surface area contributed by atoms with E-state index in [9.17, 15) is 14.4 Å². The zero-order valence-corrected chi connectivity index (χ0v) is 20.4. The van der Waals surface area contributed by atoms with Crippen LogP contribution in [0.3, 0.4) is 0 Å². The van der Waals surface area contributed by atoms with Crippen LogP contribution in [-0.2, 0) is 25.7 Å². The highest BCUT2D eigenvalue weighted by atomic mass is 35.5. The van der Waals surface area contributed by atoms with Crippen LogP contribution < -0.4 is 5.32 Å². The van der Waals surface area contributed by atoms with Gasteiger partial charge in [0.1, 0.15) is 6.61 Å². The van der Waals surface area contributed by atoms with Gasteiger partial charge in [-0.3, -0.25) is 4.79 Å². The minimum atomic E-state index is -0.561. The van der Waals surface area contributed by atoms with Crippen LogP contribution in [0.1, 0.15) is 42.3 Å². The average molecular weight is 476 g/mol. The summed E-state index contributed by atoms with van der Waals surface area (Å²) in [6.07, 6.45) is 0. The standard InChI is InChI=1S/C25H31ClN2O5/c1-5-28(6-2,16-23(30)33-17-19-11-9-8-10-12-19)15-22(29)27-24-18(4)13-20(26)14-21(24)25(31)32-7-3/h8-14H,5-7,15-17H2,1-4H3/p+1. The van der Waals surface area contributed by atoms with Gasteiger partial charge in [0.15, 0.2) is 13.1 Å². The lowest BCUT2D eigenvalue weighted by Crippen LogP contribution is -2.55. The third kappa shape index (κ3) is 7.58. The molecule has 0 radical (unpaired) electrons. The summed E-state index contributed by atoms with van der Waals surface area (Å²) >= 11 is 6.11. The molecule has 0 aliphatic rings. The molecule has 8 heteroatoms. The summed E-state index contributed by atoms with van der Waals surface area (Å²) in [6, 6.07) is 12.6. The predicted molar refractivity (Wildman–Crippen MR) is 128 cm³/mol. The number of aryl methyl sites for hydroxylation is 1. The minimum Gasteiger partial charge on any atom is -0.462 e. The third-order valence-corrected chi connectivity index (χ3v) is 5.81. The Morgan fingerprint density at radius 1 is 0.970 bits per heavy atom. The summed E-state index contributed by atoms with van der Waals surface area (Å²) in [4.78, 5) is 37.9. The highest BCUT2D eigenvalue weighted by molar-refractivity contribution is 6.31. The Kier molecular flexibility index (Phi) is 9.88. The van der Waals surface area contributed by atoms with Crippen LogP contribution >= 0.6 is 11.6 Å². The second-order valence-electron chi connectivity index (χ2n) is 7.85. The molecule has 0 bridgehead atoms. The Morgan fingerprint density at radius 3 is 2.24 bits per heavy atom. The summed E-state index contributed by atoms with van der Waals surface area (Å²) in [6.45, 7) is 8.96. The Hall–Kier alpha value is -2.90. The molecule has 178 valence electrons. The van der Waals surface area contributed by atoms with Crippen molar-refractivity contribution in [1.82, 2.24) is 0 Å². The van der Waals surface area contributed by atoms with Crippen molar-refractivity contribution in [2.75, 3.05) is 38.1 Å². The van der Waals surface area contributed by atoms with Crippen molar-refractivity contribution in [2.45, 2.75) is 34.3 Å². The first-order valence-corrected chi connectivity index (χ1v) is 11.4. The number of likely N-dealkylation sites (N-methyl/N-ethyl adjacent to an activating group) is 1. The van der Waals surface area contributed by atoms with Crippen molar-refractivity contribution >= 4 is 35.1 Å². The van der Waals surface area contributed by atoms with Gasteiger partial charge in [-0.1, -0.05) is 41.9 Å². The molecule has 1 N–H and O–H groups in total. The van der Waals surface area contributed by atoms with Crippen molar-refractivity contribution in [3.8, 4) is 0 Å². The molecule has 2 rings (SSSR count). The van der Waals surface area contributed by atoms with Gasteiger partial charge in [-0.15, -0.1) is 0 Å². The van der Waals surface area contributed by atoms with Crippen molar-refractivity contribution in [3.63, 3.8) is 0 Å². The van der Waals surface area contributed by atoms with Gasteiger partial charge in [-0.2, -0.15) is 0 Å². The second kappa shape index (κ2) is 12.4. The molecule has 2 aromatic carbocycles. The summed E-state index contributed by atoms with van der Waals surface area (Å²) in [5.74, 6) is -1.25. The number of hydrogen-bond acceptors (Lipinski definition) is 5. The average Bonchev–Trinajstić information content (AvgIpc) is 2.79. The van der Waals surface area contributed by atoms with Crippen LogP contribution in [0, 0.1) is 6.92 Å². The number of halogens is 1. The van der Waals surface area contributed by atoms with Crippen molar-refractivity contribution < 1.29 is 28.3 Å². The number of rotatable bonds is 11. The van der Waals surface area contributed by atoms with E-state index in [1.165, 1.54) is 6.07 Å². The molecule has 0 aliphatic carbocycles. The zero-order valence-electron chi connectivity index (χ0n) is 19.7. The first-order valence-electron chi connectivity index (χ1n) is 11.0. The summed E-state index contributed by atoms with van der Waals surface area (Å²) < 4.78 is 10.8. The van der Waals surface area contributed by atoms with E-state index in [1.807, 2.05) is 44.2 Å². The van der Waals surface area contributed by atoms with Crippen LogP contribution in [0.5, 0.6) is 0 Å². The number of hydrogen-bond donors (Lipinski definition) is 1. The van der Waals surface area contributed by atoms with Crippen LogP contribution in [-0.4, -0.2) is 55.1 Å². The number of esters is 2. The molecule has 2 aromatic rings. The van der Waals surface area contributed by atoms with E-state index in [0.717, 1.165) is 5.56 Å². The number of carbonyl (C=O) groups is 3. The largest absolute Gasteiger partial charge is 0.462 e. The fourth-order valence-corrected chi connectivity index (χ4v) is 3.82. The fraction of sp³-hybridized carbons (Fsp3) is 0.400. The molecule has 0 saturated heterocycles. The van der Waals surface area contributed by atoms with Crippen LogP contribution in [0.2, 0.25) is 5.02 Å². The molecule has 0 saturated carbocycles. The molecule has 7 nitrogen and oxygen atoms in total. The first-order chi connectivity index (χ1) is 15.7. The highest BCUT2D eigenvalue weighted by Gasteiger charge is 2.31. The number of carbonyl (C=O) groups excluding carboxylic acids is 3. The van der Waals surface area contributed by atoms with Gasteiger partial charge < -0.3 is 19.3 Å². The Labute approximate surface area is 200 Å². The van der Waals surface area contributed by atoms with Crippen molar-refractivity contribution in [1.29, 1.82) is 0 Å². The summed E-state index contributed by atoms with van der Waals surface area (Å²) in [5, 5.41) is 3.21. The molecule has 1 amide bonds. The van der Waals surface area contributed by atoms with Gasteiger partial charge >= 0.3 is 11.9 Å². The number of anilines is 1. The van der Waals surface area contributed by atoms with Crippen molar-refractivity contribution in [3.05, 3.63) is 64.2 Å². The number of amides is 1. The maximum atomic E-state index is 13.0. The summed E-state index contributed by atoms with van der Waals surface area (Å²) in [5.41, 5.74) is 2.11. The lowest BCUT2D eigenvalue weighted by atomic mass is 10.1.